The first-order chi connectivity index (χ1) is 11.9. The zero-order valence-electron chi connectivity index (χ0n) is 14.4. The summed E-state index contributed by atoms with van der Waals surface area (Å²) in [5.41, 5.74) is 0.742. The number of morpholine rings is 1. The van der Waals surface area contributed by atoms with E-state index in [0.717, 1.165) is 5.56 Å². The largest absolute Gasteiger partial charge is 0.496 e. The number of rotatable bonds is 7. The van der Waals surface area contributed by atoms with E-state index in [1.165, 1.54) is 0 Å². The topological polar surface area (TPSA) is 79.3 Å². The van der Waals surface area contributed by atoms with Crippen molar-refractivity contribution in [1.82, 2.24) is 9.80 Å². The van der Waals surface area contributed by atoms with Gasteiger partial charge in [0.2, 0.25) is 5.91 Å². The molecule has 0 radical (unpaired) electrons. The molecule has 0 bridgehead atoms. The van der Waals surface area contributed by atoms with Crippen LogP contribution >= 0.6 is 11.6 Å². The number of likely N-dealkylation sites (N-methyl/N-ethyl adjacent to an activating group) is 1. The van der Waals surface area contributed by atoms with E-state index in [4.69, 9.17) is 26.2 Å². The van der Waals surface area contributed by atoms with Crippen LogP contribution in [-0.4, -0.2) is 79.8 Å². The summed E-state index contributed by atoms with van der Waals surface area (Å²) in [5.74, 6) is -0.294. The van der Waals surface area contributed by atoms with Crippen LogP contribution in [0, 0.1) is 0 Å². The summed E-state index contributed by atoms with van der Waals surface area (Å²) in [6.45, 7) is 1.78. The second-order valence-electron chi connectivity index (χ2n) is 6.06. The van der Waals surface area contributed by atoms with Crippen LogP contribution in [0.2, 0.25) is 5.02 Å². The van der Waals surface area contributed by atoms with Gasteiger partial charge in [0.15, 0.2) is 0 Å². The molecular formula is C17H23ClN2O5. The number of benzene rings is 1. The summed E-state index contributed by atoms with van der Waals surface area (Å²) in [6.07, 6.45) is -0.00942. The lowest BCUT2D eigenvalue weighted by Gasteiger charge is -2.34. The molecule has 2 rings (SSSR count). The van der Waals surface area contributed by atoms with E-state index in [2.05, 4.69) is 0 Å². The van der Waals surface area contributed by atoms with Crippen LogP contribution in [-0.2, 0) is 20.7 Å². The molecule has 0 unspecified atom stereocenters. The second-order valence-corrected chi connectivity index (χ2v) is 6.49. The number of carbonyl (C=O) groups is 2. The van der Waals surface area contributed by atoms with Gasteiger partial charge in [-0.05, 0) is 25.2 Å². The molecule has 0 aliphatic carbocycles. The molecule has 1 fully saturated rings. The molecule has 0 saturated carbocycles. The minimum Gasteiger partial charge on any atom is -0.496 e. The van der Waals surface area contributed by atoms with E-state index >= 15 is 0 Å². The number of amides is 1. The number of hydrogen-bond acceptors (Lipinski definition) is 5. The molecule has 8 heteroatoms. The Balaban J connectivity index is 1.95. The van der Waals surface area contributed by atoms with Crippen LogP contribution in [0.4, 0.5) is 0 Å². The fourth-order valence-electron chi connectivity index (χ4n) is 2.86. The van der Waals surface area contributed by atoms with Gasteiger partial charge in [-0.15, -0.1) is 0 Å². The lowest BCUT2D eigenvalue weighted by Crippen LogP contribution is -2.50. The molecule has 1 aliphatic rings. The smallest absolute Gasteiger partial charge is 0.317 e. The average molecular weight is 371 g/mol. The van der Waals surface area contributed by atoms with E-state index in [1.54, 1.807) is 42.2 Å². The highest BCUT2D eigenvalue weighted by atomic mass is 35.5. The summed E-state index contributed by atoms with van der Waals surface area (Å²) in [7, 11) is 3.27. The number of carboxylic acid groups (broad SMARTS) is 1. The zero-order valence-corrected chi connectivity index (χ0v) is 15.2. The minimum atomic E-state index is -0.890. The maximum absolute atomic E-state index is 12.6. The fraction of sp³-hybridized carbons (Fsp3) is 0.529. The van der Waals surface area contributed by atoms with Crippen LogP contribution in [0.25, 0.3) is 0 Å². The molecule has 1 heterocycles. The van der Waals surface area contributed by atoms with Gasteiger partial charge < -0.3 is 19.5 Å². The SMILES string of the molecule is COc1ccc(Cl)cc1CC(=O)N1CCO[C@H](CN(C)CC(=O)O)C1. The number of aliphatic carboxylic acids is 1. The van der Waals surface area contributed by atoms with Crippen molar-refractivity contribution in [3.63, 3.8) is 0 Å². The molecule has 0 spiro atoms. The zero-order chi connectivity index (χ0) is 18.4. The third-order valence-electron chi connectivity index (χ3n) is 4.00. The van der Waals surface area contributed by atoms with E-state index in [1.807, 2.05) is 0 Å². The average Bonchev–Trinajstić information content (AvgIpc) is 2.54. The molecule has 138 valence electrons. The van der Waals surface area contributed by atoms with Crippen LogP contribution in [0.15, 0.2) is 18.2 Å². The van der Waals surface area contributed by atoms with Crippen molar-refractivity contribution in [2.75, 3.05) is 46.9 Å². The minimum absolute atomic E-state index is 0.0326. The first-order valence-electron chi connectivity index (χ1n) is 8.01. The van der Waals surface area contributed by atoms with Gasteiger partial charge in [-0.1, -0.05) is 11.6 Å². The van der Waals surface area contributed by atoms with Crippen molar-refractivity contribution >= 4 is 23.5 Å². The molecule has 1 aromatic carbocycles. The van der Waals surface area contributed by atoms with E-state index in [-0.39, 0.29) is 25.0 Å². The van der Waals surface area contributed by atoms with Gasteiger partial charge in [-0.2, -0.15) is 0 Å². The van der Waals surface area contributed by atoms with Gasteiger partial charge in [0.1, 0.15) is 5.75 Å². The highest BCUT2D eigenvalue weighted by Crippen LogP contribution is 2.24. The van der Waals surface area contributed by atoms with Crippen molar-refractivity contribution in [3.8, 4) is 5.75 Å². The van der Waals surface area contributed by atoms with Gasteiger partial charge >= 0.3 is 5.97 Å². The molecule has 0 aromatic heterocycles. The Morgan fingerprint density at radius 2 is 2.24 bits per heavy atom. The molecule has 1 saturated heterocycles. The van der Waals surface area contributed by atoms with Crippen LogP contribution < -0.4 is 4.74 Å². The van der Waals surface area contributed by atoms with Gasteiger partial charge in [0, 0.05) is 30.2 Å². The van der Waals surface area contributed by atoms with E-state index < -0.39 is 5.97 Å². The Bertz CT molecular complexity index is 625. The molecule has 1 aliphatic heterocycles. The van der Waals surface area contributed by atoms with Crippen LogP contribution in [0.1, 0.15) is 5.56 Å². The maximum Gasteiger partial charge on any atom is 0.317 e. The Morgan fingerprint density at radius 1 is 1.48 bits per heavy atom. The Labute approximate surface area is 152 Å². The quantitative estimate of drug-likeness (QED) is 0.775. The third-order valence-corrected chi connectivity index (χ3v) is 4.23. The normalized spacial score (nSPS) is 17.6. The van der Waals surface area contributed by atoms with Crippen molar-refractivity contribution in [2.45, 2.75) is 12.5 Å². The first kappa shape index (κ1) is 19.5. The first-order valence-corrected chi connectivity index (χ1v) is 8.39. The number of carboxylic acids is 1. The molecule has 1 aromatic rings. The molecule has 25 heavy (non-hydrogen) atoms. The van der Waals surface area contributed by atoms with E-state index in [9.17, 15) is 9.59 Å². The number of hydrogen-bond donors (Lipinski definition) is 1. The number of ether oxygens (including phenoxy) is 2. The number of methoxy groups -OCH3 is 1. The Hall–Kier alpha value is -1.83. The molecule has 1 N–H and O–H groups in total. The molecule has 1 atom stereocenters. The summed E-state index contributed by atoms with van der Waals surface area (Å²) >= 11 is 6.01. The fourth-order valence-corrected chi connectivity index (χ4v) is 3.05. The summed E-state index contributed by atoms with van der Waals surface area (Å²) in [5, 5.41) is 9.37. The lowest BCUT2D eigenvalue weighted by molar-refractivity contribution is -0.142. The van der Waals surface area contributed by atoms with Crippen molar-refractivity contribution in [3.05, 3.63) is 28.8 Å². The highest BCUT2D eigenvalue weighted by Gasteiger charge is 2.26. The van der Waals surface area contributed by atoms with Crippen LogP contribution in [0.3, 0.4) is 0 Å². The summed E-state index contributed by atoms with van der Waals surface area (Å²) in [4.78, 5) is 26.8. The molecular weight excluding hydrogens is 348 g/mol. The van der Waals surface area contributed by atoms with Crippen molar-refractivity contribution in [1.29, 1.82) is 0 Å². The number of nitrogens with zero attached hydrogens (tertiary/aromatic N) is 2. The maximum atomic E-state index is 12.6. The standard InChI is InChI=1S/C17H23ClN2O5/c1-19(11-17(22)23)9-14-10-20(5-6-25-14)16(21)8-12-7-13(18)3-4-15(12)24-2/h3-4,7,14H,5-6,8-11H2,1-2H3,(H,22,23)/t14-/m1/s1. The summed E-state index contributed by atoms with van der Waals surface area (Å²) in [6, 6.07) is 5.20. The monoisotopic (exact) mass is 370 g/mol. The van der Waals surface area contributed by atoms with Gasteiger partial charge in [-0.25, -0.2) is 0 Å². The molecule has 7 nitrogen and oxygen atoms in total. The van der Waals surface area contributed by atoms with Crippen molar-refractivity contribution < 1.29 is 24.2 Å². The van der Waals surface area contributed by atoms with Crippen molar-refractivity contribution in [2.24, 2.45) is 0 Å². The van der Waals surface area contributed by atoms with Gasteiger partial charge in [0.05, 0.1) is 32.8 Å². The van der Waals surface area contributed by atoms with Gasteiger partial charge in [0.25, 0.3) is 0 Å². The molecule has 1 amide bonds. The highest BCUT2D eigenvalue weighted by molar-refractivity contribution is 6.30. The second kappa shape index (κ2) is 9.03. The predicted molar refractivity (Wildman–Crippen MR) is 93.2 cm³/mol. The van der Waals surface area contributed by atoms with Crippen LogP contribution in [0.5, 0.6) is 5.75 Å². The summed E-state index contributed by atoms with van der Waals surface area (Å²) < 4.78 is 10.9. The predicted octanol–water partition coefficient (Wildman–Crippen LogP) is 1.13. The Morgan fingerprint density at radius 3 is 2.92 bits per heavy atom. The Kier molecular flexibility index (Phi) is 7.04. The van der Waals surface area contributed by atoms with Gasteiger partial charge in [-0.3, -0.25) is 14.5 Å². The lowest BCUT2D eigenvalue weighted by atomic mass is 10.1. The third kappa shape index (κ3) is 5.88. The number of carbonyl (C=O) groups excluding carboxylic acids is 1. The van der Waals surface area contributed by atoms with E-state index in [0.29, 0.717) is 37.0 Å². The number of halogens is 1.